The molecule has 2 aromatic rings. The van der Waals surface area contributed by atoms with Crippen molar-refractivity contribution >= 4 is 23.8 Å². The van der Waals surface area contributed by atoms with Gasteiger partial charge in [0.2, 0.25) is 0 Å². The molecule has 4 rings (SSSR count). The van der Waals surface area contributed by atoms with Gasteiger partial charge in [-0.15, -0.1) is 0 Å². The van der Waals surface area contributed by atoms with Crippen molar-refractivity contribution in [3.63, 3.8) is 0 Å². The number of ether oxygens (including phenoxy) is 2. The smallest absolute Gasteiger partial charge is 0.344 e. The van der Waals surface area contributed by atoms with E-state index >= 15 is 0 Å². The third-order valence-electron chi connectivity index (χ3n) is 5.49. The van der Waals surface area contributed by atoms with Crippen LogP contribution in [0.2, 0.25) is 0 Å². The van der Waals surface area contributed by atoms with Gasteiger partial charge in [-0.1, -0.05) is 43.5 Å². The fraction of sp³-hybridized carbons (Fsp3) is 0.304. The van der Waals surface area contributed by atoms with E-state index < -0.39 is 36.0 Å². The molecule has 9 heteroatoms. The maximum Gasteiger partial charge on any atom is 0.344 e. The van der Waals surface area contributed by atoms with Gasteiger partial charge >= 0.3 is 12.0 Å². The van der Waals surface area contributed by atoms with Crippen molar-refractivity contribution in [3.05, 3.63) is 60.2 Å². The average Bonchev–Trinajstić information content (AvgIpc) is 3.02. The second-order valence-corrected chi connectivity index (χ2v) is 7.77. The Balaban J connectivity index is 1.31. The SMILES string of the molecule is O=C(COC(=O)c1cccc(Oc2ccccc2)c1)NN1C(=O)NC2(CCCCC2)C1=O. The van der Waals surface area contributed by atoms with Crippen molar-refractivity contribution in [1.82, 2.24) is 15.8 Å². The Labute approximate surface area is 184 Å². The zero-order valence-corrected chi connectivity index (χ0v) is 17.3. The normalized spacial score (nSPS) is 17.1. The van der Waals surface area contributed by atoms with Crippen LogP contribution in [0.1, 0.15) is 42.5 Å². The van der Waals surface area contributed by atoms with Crippen LogP contribution in [0, 0.1) is 0 Å². The minimum Gasteiger partial charge on any atom is -0.457 e. The van der Waals surface area contributed by atoms with Gasteiger partial charge in [0.1, 0.15) is 17.0 Å². The van der Waals surface area contributed by atoms with E-state index in [-0.39, 0.29) is 5.56 Å². The van der Waals surface area contributed by atoms with Gasteiger partial charge in [0.15, 0.2) is 6.61 Å². The van der Waals surface area contributed by atoms with E-state index in [1.165, 1.54) is 12.1 Å². The van der Waals surface area contributed by atoms with Gasteiger partial charge in [0, 0.05) is 0 Å². The first-order chi connectivity index (χ1) is 15.5. The molecule has 2 fully saturated rings. The summed E-state index contributed by atoms with van der Waals surface area (Å²) in [4.78, 5) is 49.4. The first-order valence-corrected chi connectivity index (χ1v) is 10.4. The van der Waals surface area contributed by atoms with Crippen molar-refractivity contribution in [2.75, 3.05) is 6.61 Å². The maximum atomic E-state index is 12.7. The minimum absolute atomic E-state index is 0.197. The summed E-state index contributed by atoms with van der Waals surface area (Å²) in [6.45, 7) is -0.646. The molecule has 1 aliphatic heterocycles. The predicted octanol–water partition coefficient (Wildman–Crippen LogP) is 2.92. The highest BCUT2D eigenvalue weighted by atomic mass is 16.5. The zero-order valence-electron chi connectivity index (χ0n) is 17.3. The summed E-state index contributed by atoms with van der Waals surface area (Å²) >= 11 is 0. The van der Waals surface area contributed by atoms with E-state index in [0.717, 1.165) is 19.3 Å². The van der Waals surface area contributed by atoms with Crippen LogP contribution in [-0.4, -0.2) is 41.0 Å². The molecule has 32 heavy (non-hydrogen) atoms. The third kappa shape index (κ3) is 4.56. The first-order valence-electron chi connectivity index (χ1n) is 10.4. The van der Waals surface area contributed by atoms with Crippen LogP contribution < -0.4 is 15.5 Å². The Bertz CT molecular complexity index is 1030. The number of carbonyl (C=O) groups is 4. The van der Waals surface area contributed by atoms with E-state index in [1.54, 1.807) is 24.3 Å². The number of hydrazine groups is 1. The molecule has 0 radical (unpaired) electrons. The van der Waals surface area contributed by atoms with Crippen LogP contribution in [-0.2, 0) is 14.3 Å². The van der Waals surface area contributed by atoms with Crippen LogP contribution in [0.25, 0.3) is 0 Å². The Morgan fingerprint density at radius 2 is 1.69 bits per heavy atom. The summed E-state index contributed by atoms with van der Waals surface area (Å²) in [5, 5.41) is 3.37. The Hall–Kier alpha value is -3.88. The average molecular weight is 437 g/mol. The number of para-hydroxylation sites is 1. The van der Waals surface area contributed by atoms with Crippen molar-refractivity contribution in [1.29, 1.82) is 0 Å². The highest BCUT2D eigenvalue weighted by Crippen LogP contribution is 2.33. The van der Waals surface area contributed by atoms with E-state index in [0.29, 0.717) is 29.3 Å². The fourth-order valence-corrected chi connectivity index (χ4v) is 3.90. The molecule has 1 saturated heterocycles. The second kappa shape index (κ2) is 9.09. The van der Waals surface area contributed by atoms with E-state index in [9.17, 15) is 19.2 Å². The van der Waals surface area contributed by atoms with Gasteiger partial charge in [-0.25, -0.2) is 9.59 Å². The zero-order chi connectivity index (χ0) is 22.6. The molecule has 0 unspecified atom stereocenters. The lowest BCUT2D eigenvalue weighted by Gasteiger charge is -2.30. The maximum absolute atomic E-state index is 12.7. The van der Waals surface area contributed by atoms with Gasteiger partial charge in [-0.3, -0.25) is 15.0 Å². The van der Waals surface area contributed by atoms with Crippen molar-refractivity contribution < 1.29 is 28.7 Å². The Kier molecular flexibility index (Phi) is 6.07. The number of benzene rings is 2. The molecular weight excluding hydrogens is 414 g/mol. The van der Waals surface area contributed by atoms with Crippen LogP contribution in [0.4, 0.5) is 4.79 Å². The number of esters is 1. The van der Waals surface area contributed by atoms with Gasteiger partial charge in [0.25, 0.3) is 11.8 Å². The van der Waals surface area contributed by atoms with Crippen LogP contribution in [0.15, 0.2) is 54.6 Å². The van der Waals surface area contributed by atoms with Crippen molar-refractivity contribution in [2.24, 2.45) is 0 Å². The van der Waals surface area contributed by atoms with E-state index in [2.05, 4.69) is 10.7 Å². The highest BCUT2D eigenvalue weighted by Gasteiger charge is 2.52. The number of urea groups is 1. The van der Waals surface area contributed by atoms with Gasteiger partial charge < -0.3 is 14.8 Å². The number of amides is 4. The molecule has 4 amide bonds. The lowest BCUT2D eigenvalue weighted by molar-refractivity contribution is -0.140. The summed E-state index contributed by atoms with van der Waals surface area (Å²) in [5.41, 5.74) is 1.48. The molecule has 2 aliphatic rings. The van der Waals surface area contributed by atoms with Crippen LogP contribution >= 0.6 is 0 Å². The molecule has 0 atom stereocenters. The van der Waals surface area contributed by atoms with Crippen LogP contribution in [0.3, 0.4) is 0 Å². The van der Waals surface area contributed by atoms with Gasteiger partial charge in [0.05, 0.1) is 5.56 Å². The molecule has 1 heterocycles. The van der Waals surface area contributed by atoms with E-state index in [1.807, 2.05) is 18.2 Å². The topological polar surface area (TPSA) is 114 Å². The van der Waals surface area contributed by atoms with Gasteiger partial charge in [-0.05, 0) is 43.2 Å². The Morgan fingerprint density at radius 3 is 2.44 bits per heavy atom. The summed E-state index contributed by atoms with van der Waals surface area (Å²) in [6, 6.07) is 14.7. The van der Waals surface area contributed by atoms with Crippen molar-refractivity contribution in [3.8, 4) is 11.5 Å². The number of carbonyl (C=O) groups excluding carboxylic acids is 4. The number of hydrogen-bond acceptors (Lipinski definition) is 6. The first kappa shape index (κ1) is 21.4. The quantitative estimate of drug-likeness (QED) is 0.531. The van der Waals surface area contributed by atoms with Crippen molar-refractivity contribution in [2.45, 2.75) is 37.6 Å². The number of nitrogens with one attached hydrogen (secondary N) is 2. The highest BCUT2D eigenvalue weighted by molar-refractivity contribution is 6.08. The molecule has 1 spiro atoms. The molecule has 0 aromatic heterocycles. The third-order valence-corrected chi connectivity index (χ3v) is 5.49. The van der Waals surface area contributed by atoms with Gasteiger partial charge in [-0.2, -0.15) is 5.01 Å². The summed E-state index contributed by atoms with van der Waals surface area (Å²) in [5.74, 6) is -0.951. The fourth-order valence-electron chi connectivity index (χ4n) is 3.90. The number of hydrogen-bond donors (Lipinski definition) is 2. The lowest BCUT2D eigenvalue weighted by atomic mass is 9.82. The molecule has 1 saturated carbocycles. The molecule has 2 N–H and O–H groups in total. The number of rotatable bonds is 6. The molecule has 1 aliphatic carbocycles. The van der Waals surface area contributed by atoms with E-state index in [4.69, 9.17) is 9.47 Å². The standard InChI is InChI=1S/C23H23N3O6/c27-19(25-26-21(29)23(24-22(26)30)12-5-2-6-13-23)15-31-20(28)16-8-7-11-18(14-16)32-17-9-3-1-4-10-17/h1,3-4,7-11,14H,2,5-6,12-13,15H2,(H,24,30)(H,25,27). The molecule has 9 nitrogen and oxygen atoms in total. The molecular formula is C23H23N3O6. The Morgan fingerprint density at radius 1 is 0.969 bits per heavy atom. The lowest BCUT2D eigenvalue weighted by Crippen LogP contribution is -2.51. The number of nitrogens with zero attached hydrogens (tertiary/aromatic N) is 1. The largest absolute Gasteiger partial charge is 0.457 e. The molecule has 166 valence electrons. The predicted molar refractivity (Wildman–Crippen MR) is 113 cm³/mol. The summed E-state index contributed by atoms with van der Waals surface area (Å²) in [7, 11) is 0. The summed E-state index contributed by atoms with van der Waals surface area (Å²) in [6.07, 6.45) is 3.75. The summed E-state index contributed by atoms with van der Waals surface area (Å²) < 4.78 is 10.7. The molecule has 0 bridgehead atoms. The minimum atomic E-state index is -0.946. The molecule has 2 aromatic carbocycles. The second-order valence-electron chi connectivity index (χ2n) is 7.77. The number of imide groups is 1. The van der Waals surface area contributed by atoms with Crippen LogP contribution in [0.5, 0.6) is 11.5 Å². The monoisotopic (exact) mass is 437 g/mol.